The van der Waals surface area contributed by atoms with Crippen LogP contribution in [0.3, 0.4) is 0 Å². The Bertz CT molecular complexity index is 3250. The van der Waals surface area contributed by atoms with Crippen LogP contribution in [0.5, 0.6) is 0 Å². The number of aromatic nitrogens is 4. The molecule has 0 spiro atoms. The summed E-state index contributed by atoms with van der Waals surface area (Å²) in [6.45, 7) is 0. The van der Waals surface area contributed by atoms with Crippen LogP contribution in [0.1, 0.15) is 0 Å². The molecule has 0 unspecified atom stereocenters. The van der Waals surface area contributed by atoms with Gasteiger partial charge in [-0.2, -0.15) is 0 Å². The van der Waals surface area contributed by atoms with Crippen molar-refractivity contribution in [2.24, 2.45) is 0 Å². The molecule has 11 aromatic rings. The van der Waals surface area contributed by atoms with Crippen LogP contribution in [0.25, 0.3) is 111 Å². The van der Waals surface area contributed by atoms with Crippen molar-refractivity contribution >= 4 is 65.8 Å². The molecule has 236 valence electrons. The van der Waals surface area contributed by atoms with E-state index in [1.807, 2.05) is 24.3 Å². The van der Waals surface area contributed by atoms with E-state index in [0.29, 0.717) is 5.71 Å². The van der Waals surface area contributed by atoms with Gasteiger partial charge < -0.3 is 8.98 Å². The zero-order chi connectivity index (χ0) is 33.2. The average molecular weight is 651 g/mol. The molecule has 1 aliphatic heterocycles. The monoisotopic (exact) mass is 650 g/mol. The summed E-state index contributed by atoms with van der Waals surface area (Å²) in [4.78, 5) is 10.7. The highest BCUT2D eigenvalue weighted by Gasteiger charge is 2.30. The molecule has 0 radical (unpaired) electrons. The number of rotatable bonds is 2. The second kappa shape index (κ2) is 9.80. The number of fused-ring (bicyclic) bond motifs is 15. The summed E-state index contributed by atoms with van der Waals surface area (Å²) >= 11 is 0. The number of nitrogens with zero attached hydrogens (tertiary/aromatic N) is 4. The van der Waals surface area contributed by atoms with E-state index in [0.717, 1.165) is 44.6 Å². The molecule has 12 rings (SSSR count). The van der Waals surface area contributed by atoms with Crippen LogP contribution in [0.4, 0.5) is 0 Å². The molecule has 5 nitrogen and oxygen atoms in total. The van der Waals surface area contributed by atoms with E-state index >= 15 is 0 Å². The molecular weight excluding hydrogens is 625 g/mol. The van der Waals surface area contributed by atoms with Gasteiger partial charge in [0.25, 0.3) is 0 Å². The summed E-state index contributed by atoms with van der Waals surface area (Å²) in [7, 11) is 0. The largest absolute Gasteiger partial charge is 0.436 e. The number of hydrogen-bond donors (Lipinski definition) is 0. The second-order valence-corrected chi connectivity index (χ2v) is 13.3. The molecule has 0 amide bonds. The maximum atomic E-state index is 6.31. The molecule has 0 fully saturated rings. The van der Waals surface area contributed by atoms with E-state index in [1.54, 1.807) is 0 Å². The maximum absolute atomic E-state index is 6.31. The van der Waals surface area contributed by atoms with E-state index in [4.69, 9.17) is 14.4 Å². The van der Waals surface area contributed by atoms with Crippen LogP contribution >= 0.6 is 0 Å². The van der Waals surface area contributed by atoms with Gasteiger partial charge in [0, 0.05) is 43.6 Å². The molecule has 4 aromatic heterocycles. The maximum Gasteiger partial charge on any atom is 0.247 e. The van der Waals surface area contributed by atoms with Crippen molar-refractivity contribution in [3.63, 3.8) is 0 Å². The molecule has 5 heterocycles. The standard InChI is InChI=1S/C46H26N4O/c1-2-14-27(15-3-1)42-45(47-43-33-21-9-13-25-39(33)51-46(43)48-42)50-37-24-12-8-20-32(37)40-38(50)26-34-30-18-7-11-23-36(30)49-35-22-10-6-17-29(35)28-16-4-5-19-31(28)41(40)44(34)49/h1-26H. The van der Waals surface area contributed by atoms with Crippen LogP contribution in [0, 0.1) is 0 Å². The first-order valence-corrected chi connectivity index (χ1v) is 17.3. The second-order valence-electron chi connectivity index (χ2n) is 13.3. The summed E-state index contributed by atoms with van der Waals surface area (Å²) in [5.41, 5.74) is 14.4. The topological polar surface area (TPSA) is 48.8 Å². The van der Waals surface area contributed by atoms with Gasteiger partial charge in [0.2, 0.25) is 5.71 Å². The lowest BCUT2D eigenvalue weighted by molar-refractivity contribution is 0.653. The van der Waals surface area contributed by atoms with Gasteiger partial charge in [-0.05, 0) is 47.5 Å². The van der Waals surface area contributed by atoms with Gasteiger partial charge in [-0.15, -0.1) is 0 Å². The van der Waals surface area contributed by atoms with Crippen molar-refractivity contribution in [1.29, 1.82) is 0 Å². The molecule has 0 atom stereocenters. The van der Waals surface area contributed by atoms with Gasteiger partial charge >= 0.3 is 0 Å². The van der Waals surface area contributed by atoms with Gasteiger partial charge in [-0.25, -0.2) is 9.97 Å². The van der Waals surface area contributed by atoms with E-state index in [9.17, 15) is 0 Å². The van der Waals surface area contributed by atoms with Crippen LogP contribution in [0.2, 0.25) is 0 Å². The molecule has 0 saturated carbocycles. The molecule has 1 aliphatic rings. The Balaban J connectivity index is 1.34. The zero-order valence-corrected chi connectivity index (χ0v) is 27.2. The minimum absolute atomic E-state index is 0.531. The van der Waals surface area contributed by atoms with E-state index in [-0.39, 0.29) is 0 Å². The SMILES string of the molecule is c1ccc(-c2nc3oc4ccccc4c3nc2-n2c3ccccc3c3c4c5c(cc32)c2ccccc2n5-c2ccccc2-c2ccccc2-4)cc1. The summed E-state index contributed by atoms with van der Waals surface area (Å²) in [6.07, 6.45) is 0. The minimum atomic E-state index is 0.531. The quantitative estimate of drug-likeness (QED) is 0.187. The first-order valence-electron chi connectivity index (χ1n) is 17.3. The van der Waals surface area contributed by atoms with Crippen molar-refractivity contribution in [1.82, 2.24) is 19.1 Å². The number of furan rings is 1. The van der Waals surface area contributed by atoms with E-state index in [1.165, 1.54) is 60.5 Å². The van der Waals surface area contributed by atoms with Crippen molar-refractivity contribution < 1.29 is 4.42 Å². The van der Waals surface area contributed by atoms with Gasteiger partial charge in [-0.3, -0.25) is 4.57 Å². The van der Waals surface area contributed by atoms with Crippen molar-refractivity contribution in [3.8, 4) is 45.0 Å². The average Bonchev–Trinajstić information content (AvgIpc) is 3.81. The van der Waals surface area contributed by atoms with Crippen LogP contribution in [-0.2, 0) is 0 Å². The minimum Gasteiger partial charge on any atom is -0.436 e. The third-order valence-corrected chi connectivity index (χ3v) is 10.7. The van der Waals surface area contributed by atoms with E-state index in [2.05, 4.69) is 143 Å². The Morgan fingerprint density at radius 1 is 0.471 bits per heavy atom. The molecule has 0 bridgehead atoms. The van der Waals surface area contributed by atoms with Gasteiger partial charge in [0.1, 0.15) is 16.8 Å². The molecular formula is C46H26N4O. The molecule has 5 heteroatoms. The van der Waals surface area contributed by atoms with Crippen molar-refractivity contribution in [2.75, 3.05) is 0 Å². The third-order valence-electron chi connectivity index (χ3n) is 10.7. The fourth-order valence-corrected chi connectivity index (χ4v) is 8.60. The normalized spacial score (nSPS) is 12.3. The Labute approximate surface area is 291 Å². The Hall–Kier alpha value is -6.98. The summed E-state index contributed by atoms with van der Waals surface area (Å²) in [5, 5.41) is 5.73. The zero-order valence-electron chi connectivity index (χ0n) is 27.2. The number of benzene rings is 7. The van der Waals surface area contributed by atoms with Crippen molar-refractivity contribution in [3.05, 3.63) is 158 Å². The molecule has 0 N–H and O–H groups in total. The lowest BCUT2D eigenvalue weighted by atomic mass is 9.91. The first kappa shape index (κ1) is 26.9. The predicted octanol–water partition coefficient (Wildman–Crippen LogP) is 11.9. The smallest absolute Gasteiger partial charge is 0.247 e. The summed E-state index contributed by atoms with van der Waals surface area (Å²) < 4.78 is 11.1. The summed E-state index contributed by atoms with van der Waals surface area (Å²) in [5.74, 6) is 0.770. The van der Waals surface area contributed by atoms with Gasteiger partial charge in [0.05, 0.1) is 27.8 Å². The van der Waals surface area contributed by atoms with E-state index < -0.39 is 0 Å². The van der Waals surface area contributed by atoms with Gasteiger partial charge in [-0.1, -0.05) is 121 Å². The number of hydrogen-bond acceptors (Lipinski definition) is 3. The predicted molar refractivity (Wildman–Crippen MR) is 208 cm³/mol. The van der Waals surface area contributed by atoms with Crippen LogP contribution < -0.4 is 0 Å². The Morgan fingerprint density at radius 2 is 1.12 bits per heavy atom. The highest BCUT2D eigenvalue weighted by atomic mass is 16.3. The lowest BCUT2D eigenvalue weighted by Crippen LogP contribution is -2.03. The van der Waals surface area contributed by atoms with Crippen molar-refractivity contribution in [2.45, 2.75) is 0 Å². The highest BCUT2D eigenvalue weighted by molar-refractivity contribution is 6.28. The molecule has 0 saturated heterocycles. The number of para-hydroxylation sites is 4. The fraction of sp³-hybridized carbons (Fsp3) is 0. The molecule has 51 heavy (non-hydrogen) atoms. The van der Waals surface area contributed by atoms with Crippen LogP contribution in [-0.4, -0.2) is 19.1 Å². The Morgan fingerprint density at radius 3 is 1.96 bits per heavy atom. The molecule has 0 aliphatic carbocycles. The first-order chi connectivity index (χ1) is 25.3. The Kier molecular flexibility index (Phi) is 5.17. The van der Waals surface area contributed by atoms with Gasteiger partial charge in [0.15, 0.2) is 5.82 Å². The summed E-state index contributed by atoms with van der Waals surface area (Å²) in [6, 6.07) is 56.0. The van der Waals surface area contributed by atoms with Crippen LogP contribution in [0.15, 0.2) is 162 Å². The fourth-order valence-electron chi connectivity index (χ4n) is 8.60. The molecule has 7 aromatic carbocycles. The lowest BCUT2D eigenvalue weighted by Gasteiger charge is -2.14. The highest BCUT2D eigenvalue weighted by Crippen LogP contribution is 2.52. The third kappa shape index (κ3) is 3.49.